The summed E-state index contributed by atoms with van der Waals surface area (Å²) in [5, 5.41) is 5.77. The maximum Gasteiger partial charge on any atom is 0.257 e. The molecule has 0 aliphatic carbocycles. The molecule has 2 aromatic rings. The van der Waals surface area contributed by atoms with Crippen LogP contribution in [0.2, 0.25) is 5.02 Å². The van der Waals surface area contributed by atoms with Crippen LogP contribution < -0.4 is 10.6 Å². The second-order valence-electron chi connectivity index (χ2n) is 4.82. The largest absolute Gasteiger partial charge is 0.385 e. The number of carbonyl (C=O) groups excluding carboxylic acids is 1. The number of ether oxygens (including phenoxy) is 1. The predicted molar refractivity (Wildman–Crippen MR) is 88.6 cm³/mol. The molecule has 1 aromatic heterocycles. The van der Waals surface area contributed by atoms with Gasteiger partial charge in [0.2, 0.25) is 0 Å². The van der Waals surface area contributed by atoms with Gasteiger partial charge in [-0.3, -0.25) is 9.78 Å². The molecule has 2 rings (SSSR count). The number of hydrogen-bond acceptors (Lipinski definition) is 4. The van der Waals surface area contributed by atoms with Gasteiger partial charge in [0.25, 0.3) is 5.91 Å². The van der Waals surface area contributed by atoms with Crippen molar-refractivity contribution >= 4 is 28.9 Å². The van der Waals surface area contributed by atoms with E-state index < -0.39 is 5.82 Å². The van der Waals surface area contributed by atoms with E-state index >= 15 is 0 Å². The molecule has 0 unspecified atom stereocenters. The number of nitrogens with one attached hydrogen (secondary N) is 2. The normalized spacial score (nSPS) is 10.4. The van der Waals surface area contributed by atoms with E-state index in [2.05, 4.69) is 15.6 Å². The summed E-state index contributed by atoms with van der Waals surface area (Å²) in [5.74, 6) is -0.880. The maximum absolute atomic E-state index is 13.1. The van der Waals surface area contributed by atoms with Crippen molar-refractivity contribution in [2.45, 2.75) is 6.42 Å². The van der Waals surface area contributed by atoms with Crippen LogP contribution >= 0.6 is 11.6 Å². The van der Waals surface area contributed by atoms with Crippen molar-refractivity contribution in [2.24, 2.45) is 0 Å². The summed E-state index contributed by atoms with van der Waals surface area (Å²) in [5.41, 5.74) is 1.55. The molecule has 0 spiro atoms. The Bertz CT molecular complexity index is 682. The number of anilines is 2. The number of pyridine rings is 1. The number of rotatable bonds is 7. The molecule has 7 heteroatoms. The first-order valence-electron chi connectivity index (χ1n) is 7.04. The molecular weight excluding hydrogens is 321 g/mol. The Morgan fingerprint density at radius 2 is 2.13 bits per heavy atom. The highest BCUT2D eigenvalue weighted by Gasteiger charge is 2.09. The second kappa shape index (κ2) is 8.45. The van der Waals surface area contributed by atoms with Crippen molar-refractivity contribution in [3.8, 4) is 0 Å². The third-order valence-corrected chi connectivity index (χ3v) is 3.32. The van der Waals surface area contributed by atoms with E-state index in [1.165, 1.54) is 24.4 Å². The first-order chi connectivity index (χ1) is 11.1. The Balaban J connectivity index is 2.00. The van der Waals surface area contributed by atoms with Gasteiger partial charge in [-0.15, -0.1) is 0 Å². The number of aromatic nitrogens is 1. The molecule has 0 aliphatic heterocycles. The lowest BCUT2D eigenvalue weighted by Crippen LogP contribution is -2.13. The molecule has 23 heavy (non-hydrogen) atoms. The van der Waals surface area contributed by atoms with Gasteiger partial charge in [-0.1, -0.05) is 11.6 Å². The summed E-state index contributed by atoms with van der Waals surface area (Å²) in [6.07, 6.45) is 3.94. The van der Waals surface area contributed by atoms with Gasteiger partial charge in [-0.2, -0.15) is 0 Å². The number of halogens is 2. The molecule has 5 nitrogen and oxygen atoms in total. The Kier molecular flexibility index (Phi) is 6.31. The van der Waals surface area contributed by atoms with E-state index in [9.17, 15) is 9.18 Å². The first-order valence-corrected chi connectivity index (χ1v) is 7.42. The molecule has 2 N–H and O–H groups in total. The lowest BCUT2D eigenvalue weighted by atomic mass is 10.2. The van der Waals surface area contributed by atoms with Crippen LogP contribution in [0, 0.1) is 5.82 Å². The van der Waals surface area contributed by atoms with Crippen LogP contribution in [0.25, 0.3) is 0 Å². The van der Waals surface area contributed by atoms with Gasteiger partial charge in [-0.05, 0) is 30.7 Å². The summed E-state index contributed by atoms with van der Waals surface area (Å²) in [6, 6.07) is 5.69. The van der Waals surface area contributed by atoms with Gasteiger partial charge in [-0.25, -0.2) is 4.39 Å². The van der Waals surface area contributed by atoms with Gasteiger partial charge < -0.3 is 15.4 Å². The number of hydrogen-bond donors (Lipinski definition) is 2. The highest BCUT2D eigenvalue weighted by Crippen LogP contribution is 2.20. The maximum atomic E-state index is 13.1. The van der Waals surface area contributed by atoms with Gasteiger partial charge >= 0.3 is 0 Å². The van der Waals surface area contributed by atoms with E-state index in [0.29, 0.717) is 24.4 Å². The highest BCUT2D eigenvalue weighted by molar-refractivity contribution is 6.31. The van der Waals surface area contributed by atoms with E-state index in [0.717, 1.165) is 12.1 Å². The number of benzene rings is 1. The fraction of sp³-hybridized carbons (Fsp3) is 0.250. The molecule has 1 amide bonds. The van der Waals surface area contributed by atoms with E-state index in [4.69, 9.17) is 16.3 Å². The molecule has 0 saturated heterocycles. The third kappa shape index (κ3) is 5.19. The Hall–Kier alpha value is -2.18. The van der Waals surface area contributed by atoms with Crippen molar-refractivity contribution in [2.75, 3.05) is 30.9 Å². The zero-order chi connectivity index (χ0) is 16.7. The quantitative estimate of drug-likeness (QED) is 0.758. The monoisotopic (exact) mass is 337 g/mol. The number of amides is 1. The Morgan fingerprint density at radius 1 is 1.30 bits per heavy atom. The molecule has 0 radical (unpaired) electrons. The molecule has 0 atom stereocenters. The van der Waals surface area contributed by atoms with Crippen LogP contribution in [0.4, 0.5) is 15.8 Å². The molecular formula is C16H17ClFN3O2. The molecule has 0 aliphatic rings. The van der Waals surface area contributed by atoms with Gasteiger partial charge in [0, 0.05) is 38.3 Å². The van der Waals surface area contributed by atoms with Crippen LogP contribution in [0.1, 0.15) is 16.8 Å². The predicted octanol–water partition coefficient (Wildman–Crippen LogP) is 3.57. The summed E-state index contributed by atoms with van der Waals surface area (Å²) < 4.78 is 18.1. The smallest absolute Gasteiger partial charge is 0.257 e. The standard InChI is InChI=1S/C16H17ClFN3O2/c1-23-6-2-5-20-13-7-11(9-19-10-13)16(22)21-12-3-4-15(18)14(17)8-12/h3-4,7-10,20H,2,5-6H2,1H3,(H,21,22). The highest BCUT2D eigenvalue weighted by atomic mass is 35.5. The zero-order valence-electron chi connectivity index (χ0n) is 12.6. The number of carbonyl (C=O) groups is 1. The molecule has 1 heterocycles. The average Bonchev–Trinajstić information content (AvgIpc) is 2.55. The lowest BCUT2D eigenvalue weighted by Gasteiger charge is -2.09. The minimum Gasteiger partial charge on any atom is -0.385 e. The lowest BCUT2D eigenvalue weighted by molar-refractivity contribution is 0.102. The topological polar surface area (TPSA) is 63.2 Å². The Labute approximate surface area is 138 Å². The molecule has 1 aromatic carbocycles. The fourth-order valence-electron chi connectivity index (χ4n) is 1.89. The van der Waals surface area contributed by atoms with Crippen LogP contribution in [-0.4, -0.2) is 31.2 Å². The summed E-state index contributed by atoms with van der Waals surface area (Å²) >= 11 is 5.69. The fourth-order valence-corrected chi connectivity index (χ4v) is 2.07. The van der Waals surface area contributed by atoms with Crippen LogP contribution in [0.5, 0.6) is 0 Å². The summed E-state index contributed by atoms with van der Waals surface area (Å²) in [6.45, 7) is 1.38. The zero-order valence-corrected chi connectivity index (χ0v) is 13.4. The van der Waals surface area contributed by atoms with Crippen molar-refractivity contribution in [3.63, 3.8) is 0 Å². The number of methoxy groups -OCH3 is 1. The van der Waals surface area contributed by atoms with Crippen LogP contribution in [-0.2, 0) is 4.74 Å². The molecule has 0 fully saturated rings. The van der Waals surface area contributed by atoms with Crippen LogP contribution in [0.3, 0.4) is 0 Å². The molecule has 0 saturated carbocycles. The van der Waals surface area contributed by atoms with Crippen molar-refractivity contribution < 1.29 is 13.9 Å². The minimum absolute atomic E-state index is 0.0468. The SMILES string of the molecule is COCCCNc1cncc(C(=O)Nc2ccc(F)c(Cl)c2)c1. The molecule has 0 bridgehead atoms. The Morgan fingerprint density at radius 3 is 2.87 bits per heavy atom. The van der Waals surface area contributed by atoms with Crippen molar-refractivity contribution in [1.29, 1.82) is 0 Å². The van der Waals surface area contributed by atoms with Gasteiger partial charge in [0.1, 0.15) is 5.82 Å². The van der Waals surface area contributed by atoms with Crippen LogP contribution in [0.15, 0.2) is 36.7 Å². The summed E-state index contributed by atoms with van der Waals surface area (Å²) in [7, 11) is 1.65. The van der Waals surface area contributed by atoms with Gasteiger partial charge in [0.05, 0.1) is 16.3 Å². The van der Waals surface area contributed by atoms with Crippen molar-refractivity contribution in [1.82, 2.24) is 4.98 Å². The average molecular weight is 338 g/mol. The van der Waals surface area contributed by atoms with E-state index in [-0.39, 0.29) is 10.9 Å². The number of nitrogens with zero attached hydrogens (tertiary/aromatic N) is 1. The van der Waals surface area contributed by atoms with Crippen molar-refractivity contribution in [3.05, 3.63) is 53.1 Å². The first kappa shape index (κ1) is 17.2. The van der Waals surface area contributed by atoms with E-state index in [1.54, 1.807) is 19.4 Å². The summed E-state index contributed by atoms with van der Waals surface area (Å²) in [4.78, 5) is 16.2. The van der Waals surface area contributed by atoms with Gasteiger partial charge in [0.15, 0.2) is 0 Å². The third-order valence-electron chi connectivity index (χ3n) is 3.03. The second-order valence-corrected chi connectivity index (χ2v) is 5.23. The molecule has 122 valence electrons. The van der Waals surface area contributed by atoms with E-state index in [1.807, 2.05) is 0 Å². The minimum atomic E-state index is -0.534.